The molecule has 0 aromatic heterocycles. The van der Waals surface area contributed by atoms with E-state index >= 15 is 0 Å². The van der Waals surface area contributed by atoms with Gasteiger partial charge in [0.25, 0.3) is 5.91 Å². The summed E-state index contributed by atoms with van der Waals surface area (Å²) >= 11 is 0. The number of likely N-dealkylation sites (tertiary alicyclic amines) is 1. The number of nitrogens with one attached hydrogen (secondary N) is 2. The number of carbonyl (C=O) groups is 2. The number of amides is 3. The summed E-state index contributed by atoms with van der Waals surface area (Å²) in [5, 5.41) is 9.72. The first-order valence-corrected chi connectivity index (χ1v) is 6.04. The first-order valence-electron chi connectivity index (χ1n) is 6.04. The largest absolute Gasteiger partial charge is 0.390 e. The van der Waals surface area contributed by atoms with Crippen molar-refractivity contribution >= 4 is 17.6 Å². The molecule has 3 amide bonds. The number of aliphatic hydroxyl groups excluding tert-OH is 1. The average Bonchev–Trinajstić information content (AvgIpc) is 2.80. The predicted molar refractivity (Wildman–Crippen MR) is 68.9 cm³/mol. The molecular weight excluding hydrogens is 267 g/mol. The van der Waals surface area contributed by atoms with Crippen molar-refractivity contribution < 1.29 is 19.1 Å². The van der Waals surface area contributed by atoms with Gasteiger partial charge in [-0.1, -0.05) is 0 Å². The average molecular weight is 282 g/mol. The van der Waals surface area contributed by atoms with E-state index in [1.165, 1.54) is 24.3 Å². The number of benzene rings is 1. The third-order valence-electron chi connectivity index (χ3n) is 3.09. The van der Waals surface area contributed by atoms with Gasteiger partial charge < -0.3 is 15.7 Å². The lowest BCUT2D eigenvalue weighted by Crippen LogP contribution is -2.52. The van der Waals surface area contributed by atoms with Crippen LogP contribution in [-0.2, 0) is 4.79 Å². The molecule has 1 heterocycles. The van der Waals surface area contributed by atoms with Gasteiger partial charge in [-0.15, -0.1) is 0 Å². The minimum absolute atomic E-state index is 0.227. The summed E-state index contributed by atoms with van der Waals surface area (Å²) in [4.78, 5) is 24.2. The zero-order chi connectivity index (χ0) is 14.7. The molecule has 2 rings (SSSR count). The van der Waals surface area contributed by atoms with Crippen LogP contribution in [0.2, 0.25) is 0 Å². The lowest BCUT2D eigenvalue weighted by atomic mass is 10.1. The van der Waals surface area contributed by atoms with Crippen molar-refractivity contribution in [2.24, 2.45) is 5.73 Å². The Morgan fingerprint density at radius 2 is 2.00 bits per heavy atom. The fourth-order valence-electron chi connectivity index (χ4n) is 2.08. The Labute approximate surface area is 114 Å². The molecule has 8 heteroatoms. The highest BCUT2D eigenvalue weighted by molar-refractivity contribution is 5.88. The Kier molecular flexibility index (Phi) is 4.04. The van der Waals surface area contributed by atoms with Crippen molar-refractivity contribution in [1.82, 2.24) is 10.3 Å². The molecule has 0 saturated carbocycles. The molecule has 1 saturated heterocycles. The molecule has 1 aliphatic rings. The molecule has 2 atom stereocenters. The topological polar surface area (TPSA) is 108 Å². The molecule has 20 heavy (non-hydrogen) atoms. The van der Waals surface area contributed by atoms with E-state index < -0.39 is 29.9 Å². The number of carbonyl (C=O) groups excluding carboxylic acids is 2. The van der Waals surface area contributed by atoms with Crippen LogP contribution < -0.4 is 16.6 Å². The maximum Gasteiger partial charge on any atom is 0.315 e. The SMILES string of the molecule is NC(=O)N1CCC(O)C1C(=O)NNc1ccc(F)cc1. The monoisotopic (exact) mass is 282 g/mol. The van der Waals surface area contributed by atoms with Crippen molar-refractivity contribution in [3.63, 3.8) is 0 Å². The van der Waals surface area contributed by atoms with E-state index in [9.17, 15) is 19.1 Å². The zero-order valence-electron chi connectivity index (χ0n) is 10.5. The molecular formula is C12H15FN4O3. The normalized spacial score (nSPS) is 21.6. The van der Waals surface area contributed by atoms with E-state index in [1.807, 2.05) is 0 Å². The number of hydrazine groups is 1. The Morgan fingerprint density at radius 1 is 1.35 bits per heavy atom. The van der Waals surface area contributed by atoms with E-state index in [0.717, 1.165) is 4.90 Å². The number of hydrogen-bond donors (Lipinski definition) is 4. The molecule has 1 fully saturated rings. The van der Waals surface area contributed by atoms with Gasteiger partial charge >= 0.3 is 6.03 Å². The third kappa shape index (κ3) is 2.97. The van der Waals surface area contributed by atoms with Crippen LogP contribution >= 0.6 is 0 Å². The van der Waals surface area contributed by atoms with Gasteiger partial charge in [-0.2, -0.15) is 0 Å². The molecule has 2 unspecified atom stereocenters. The van der Waals surface area contributed by atoms with Crippen molar-refractivity contribution in [3.05, 3.63) is 30.1 Å². The molecule has 7 nitrogen and oxygen atoms in total. The Balaban J connectivity index is 1.97. The maximum absolute atomic E-state index is 12.7. The van der Waals surface area contributed by atoms with E-state index in [4.69, 9.17) is 5.73 Å². The summed E-state index contributed by atoms with van der Waals surface area (Å²) in [6.07, 6.45) is -0.671. The van der Waals surface area contributed by atoms with E-state index in [0.29, 0.717) is 5.69 Å². The highest BCUT2D eigenvalue weighted by atomic mass is 19.1. The molecule has 0 radical (unpaired) electrons. The van der Waals surface area contributed by atoms with Crippen LogP contribution in [-0.4, -0.2) is 40.6 Å². The fraction of sp³-hybridized carbons (Fsp3) is 0.333. The fourth-order valence-corrected chi connectivity index (χ4v) is 2.08. The van der Waals surface area contributed by atoms with Gasteiger partial charge in [-0.25, -0.2) is 9.18 Å². The Hall–Kier alpha value is -2.35. The second-order valence-electron chi connectivity index (χ2n) is 4.45. The summed E-state index contributed by atoms with van der Waals surface area (Å²) < 4.78 is 12.7. The number of halogens is 1. The minimum atomic E-state index is -1.03. The molecule has 0 spiro atoms. The minimum Gasteiger partial charge on any atom is -0.390 e. The van der Waals surface area contributed by atoms with Gasteiger partial charge in [0.15, 0.2) is 0 Å². The number of nitrogens with two attached hydrogens (primary N) is 1. The number of hydrogen-bond acceptors (Lipinski definition) is 4. The van der Waals surface area contributed by atoms with Gasteiger partial charge in [-0.05, 0) is 30.7 Å². The predicted octanol–water partition coefficient (Wildman–Crippen LogP) is -0.217. The quantitative estimate of drug-likeness (QED) is 0.575. The lowest BCUT2D eigenvalue weighted by Gasteiger charge is -2.23. The van der Waals surface area contributed by atoms with Gasteiger partial charge in [0.1, 0.15) is 11.9 Å². The highest BCUT2D eigenvalue weighted by Crippen LogP contribution is 2.18. The number of nitrogens with zero attached hydrogens (tertiary/aromatic N) is 1. The molecule has 0 aliphatic carbocycles. The maximum atomic E-state index is 12.7. The van der Waals surface area contributed by atoms with Crippen molar-refractivity contribution in [2.75, 3.05) is 12.0 Å². The molecule has 108 valence electrons. The van der Waals surface area contributed by atoms with Crippen molar-refractivity contribution in [1.29, 1.82) is 0 Å². The standard InChI is InChI=1S/C12H15FN4O3/c13-7-1-3-8(4-2-7)15-16-11(19)10-9(18)5-6-17(10)12(14)20/h1-4,9-10,15,18H,5-6H2,(H2,14,20)(H,16,19). The van der Waals surface area contributed by atoms with Crippen LogP contribution in [0.15, 0.2) is 24.3 Å². The van der Waals surface area contributed by atoms with E-state index in [2.05, 4.69) is 10.9 Å². The number of urea groups is 1. The second-order valence-corrected chi connectivity index (χ2v) is 4.45. The van der Waals surface area contributed by atoms with Gasteiger partial charge in [0.05, 0.1) is 11.8 Å². The van der Waals surface area contributed by atoms with Crippen LogP contribution in [0, 0.1) is 5.82 Å². The first-order chi connectivity index (χ1) is 9.49. The number of aliphatic hydroxyl groups is 1. The molecule has 5 N–H and O–H groups in total. The third-order valence-corrected chi connectivity index (χ3v) is 3.09. The van der Waals surface area contributed by atoms with Crippen LogP contribution in [0.5, 0.6) is 0 Å². The summed E-state index contributed by atoms with van der Waals surface area (Å²) in [5.74, 6) is -0.980. The summed E-state index contributed by atoms with van der Waals surface area (Å²) in [7, 11) is 0. The smallest absolute Gasteiger partial charge is 0.315 e. The van der Waals surface area contributed by atoms with E-state index in [-0.39, 0.29) is 13.0 Å². The number of anilines is 1. The Morgan fingerprint density at radius 3 is 2.60 bits per heavy atom. The van der Waals surface area contributed by atoms with Crippen molar-refractivity contribution in [3.8, 4) is 0 Å². The molecule has 1 aromatic carbocycles. The first kappa shape index (κ1) is 14.1. The summed E-state index contributed by atoms with van der Waals surface area (Å²) in [5.41, 5.74) is 10.5. The van der Waals surface area contributed by atoms with Gasteiger partial charge in [0.2, 0.25) is 0 Å². The van der Waals surface area contributed by atoms with Gasteiger partial charge in [-0.3, -0.25) is 15.6 Å². The zero-order valence-corrected chi connectivity index (χ0v) is 10.5. The van der Waals surface area contributed by atoms with Gasteiger partial charge in [0, 0.05) is 6.54 Å². The van der Waals surface area contributed by atoms with Crippen LogP contribution in [0.1, 0.15) is 6.42 Å². The van der Waals surface area contributed by atoms with Crippen LogP contribution in [0.4, 0.5) is 14.9 Å². The van der Waals surface area contributed by atoms with Crippen LogP contribution in [0.25, 0.3) is 0 Å². The highest BCUT2D eigenvalue weighted by Gasteiger charge is 2.40. The summed E-state index contributed by atoms with van der Waals surface area (Å²) in [6, 6.07) is 3.55. The van der Waals surface area contributed by atoms with E-state index in [1.54, 1.807) is 0 Å². The molecule has 1 aromatic rings. The van der Waals surface area contributed by atoms with Crippen LogP contribution in [0.3, 0.4) is 0 Å². The number of primary amides is 1. The molecule has 0 bridgehead atoms. The van der Waals surface area contributed by atoms with Crippen molar-refractivity contribution in [2.45, 2.75) is 18.6 Å². The second kappa shape index (κ2) is 5.74. The Bertz CT molecular complexity index is 508. The number of rotatable bonds is 3. The lowest BCUT2D eigenvalue weighted by molar-refractivity contribution is -0.126. The molecule has 1 aliphatic heterocycles. The summed E-state index contributed by atoms with van der Waals surface area (Å²) in [6.45, 7) is 0.227.